The van der Waals surface area contributed by atoms with Crippen molar-refractivity contribution in [2.45, 2.75) is 62.6 Å². The van der Waals surface area contributed by atoms with Crippen molar-refractivity contribution in [3.63, 3.8) is 0 Å². The van der Waals surface area contributed by atoms with Gasteiger partial charge in [0.2, 0.25) is 5.91 Å². The number of hydrogen-bond donors (Lipinski definition) is 2. The van der Waals surface area contributed by atoms with Crippen molar-refractivity contribution >= 4 is 23.4 Å². The van der Waals surface area contributed by atoms with Gasteiger partial charge in [0.25, 0.3) is 0 Å². The fraction of sp³-hybridized carbons (Fsp3) is 0.517. The Morgan fingerprint density at radius 3 is 2.42 bits per heavy atom. The molecule has 2 amide bonds. The van der Waals surface area contributed by atoms with Crippen molar-refractivity contribution in [3.05, 3.63) is 59.7 Å². The lowest BCUT2D eigenvalue weighted by Gasteiger charge is -2.42. The molecule has 1 aliphatic carbocycles. The molecule has 3 heterocycles. The van der Waals surface area contributed by atoms with Crippen LogP contribution < -0.4 is 10.2 Å². The summed E-state index contributed by atoms with van der Waals surface area (Å²) in [7, 11) is 0. The summed E-state index contributed by atoms with van der Waals surface area (Å²) in [6.45, 7) is 3.30. The Bertz CT molecular complexity index is 1130. The number of hydrogen-bond acceptors (Lipinski definition) is 5. The van der Waals surface area contributed by atoms with Gasteiger partial charge in [0.15, 0.2) is 0 Å². The van der Waals surface area contributed by atoms with Crippen LogP contribution in [0.2, 0.25) is 0 Å². The molecule has 0 aromatic heterocycles. The molecule has 0 bridgehead atoms. The fourth-order valence-corrected chi connectivity index (χ4v) is 6.27. The Balaban J connectivity index is 0.977. The first kappa shape index (κ1) is 23.3. The minimum atomic E-state index is -0.650. The van der Waals surface area contributed by atoms with Crippen LogP contribution in [0, 0.1) is 5.92 Å². The maximum absolute atomic E-state index is 12.5. The second-order valence-corrected chi connectivity index (χ2v) is 11.2. The molecule has 2 aromatic rings. The number of likely N-dealkylation sites (tertiary alicyclic amines) is 1. The summed E-state index contributed by atoms with van der Waals surface area (Å²) in [5, 5.41) is 14.4. The molecular weight excluding hydrogens is 454 g/mol. The zero-order valence-corrected chi connectivity index (χ0v) is 20.7. The second-order valence-electron chi connectivity index (χ2n) is 11.2. The topological polar surface area (TPSA) is 82.1 Å². The third-order valence-corrected chi connectivity index (χ3v) is 8.76. The molecule has 4 aliphatic rings. The van der Waals surface area contributed by atoms with E-state index in [1.54, 1.807) is 4.90 Å². The minimum Gasteiger partial charge on any atom is -0.445 e. The zero-order valence-electron chi connectivity index (χ0n) is 20.7. The maximum Gasteiger partial charge on any atom is 0.410 e. The van der Waals surface area contributed by atoms with Crippen molar-refractivity contribution in [2.75, 3.05) is 36.4 Å². The molecule has 36 heavy (non-hydrogen) atoms. The number of fused-ring (bicyclic) bond motifs is 2. The smallest absolute Gasteiger partial charge is 0.410 e. The number of ether oxygens (including phenoxy) is 1. The maximum atomic E-state index is 12.5. The van der Waals surface area contributed by atoms with E-state index in [9.17, 15) is 14.7 Å². The average Bonchev–Trinajstić information content (AvgIpc) is 3.66. The number of benzene rings is 2. The molecule has 0 radical (unpaired) electrons. The van der Waals surface area contributed by atoms with Gasteiger partial charge in [-0.05, 0) is 80.2 Å². The third kappa shape index (κ3) is 4.45. The quantitative estimate of drug-likeness (QED) is 0.649. The molecule has 2 N–H and O–H groups in total. The van der Waals surface area contributed by atoms with E-state index in [0.717, 1.165) is 80.5 Å². The highest BCUT2D eigenvalue weighted by atomic mass is 16.6. The van der Waals surface area contributed by atoms with Crippen molar-refractivity contribution in [3.8, 4) is 0 Å². The van der Waals surface area contributed by atoms with Gasteiger partial charge < -0.3 is 25.0 Å². The summed E-state index contributed by atoms with van der Waals surface area (Å²) in [6, 6.07) is 16.1. The van der Waals surface area contributed by atoms with Gasteiger partial charge in [0.05, 0.1) is 11.0 Å². The highest BCUT2D eigenvalue weighted by molar-refractivity contribution is 6.08. The summed E-state index contributed by atoms with van der Waals surface area (Å²) in [5.41, 5.74) is 3.34. The molecular formula is C29H35N3O4. The van der Waals surface area contributed by atoms with Crippen molar-refractivity contribution in [2.24, 2.45) is 5.92 Å². The monoisotopic (exact) mass is 489 g/mol. The number of amides is 2. The normalized spacial score (nSPS) is 22.3. The molecule has 2 aromatic carbocycles. The standard InChI is InChI=1S/C29H35N3O4/c33-26-29(10-11-29)24-18-23(6-7-25(24)30-26)31-16-12-28(35,13-17-31)19-21-8-14-32(15-9-21)27(34)36-20-22-4-2-1-3-5-22/h1-7,18,21,35H,8-17,19-20H2,(H,30,33). The molecule has 0 atom stereocenters. The number of anilines is 2. The molecule has 1 saturated carbocycles. The highest BCUT2D eigenvalue weighted by Crippen LogP contribution is 2.55. The van der Waals surface area contributed by atoms with E-state index in [-0.39, 0.29) is 17.4 Å². The zero-order chi connectivity index (χ0) is 24.8. The number of piperidine rings is 2. The molecule has 7 nitrogen and oxygen atoms in total. The molecule has 3 fully saturated rings. The van der Waals surface area contributed by atoms with Gasteiger partial charge in [-0.25, -0.2) is 4.79 Å². The Morgan fingerprint density at radius 2 is 1.72 bits per heavy atom. The number of aliphatic hydroxyl groups is 1. The van der Waals surface area contributed by atoms with E-state index < -0.39 is 5.60 Å². The van der Waals surface area contributed by atoms with Gasteiger partial charge in [-0.3, -0.25) is 4.79 Å². The summed E-state index contributed by atoms with van der Waals surface area (Å²) >= 11 is 0. The molecule has 3 aliphatic heterocycles. The van der Waals surface area contributed by atoms with E-state index in [1.165, 1.54) is 0 Å². The second kappa shape index (κ2) is 9.11. The lowest BCUT2D eigenvalue weighted by atomic mass is 9.79. The number of nitrogens with one attached hydrogen (secondary N) is 1. The van der Waals surface area contributed by atoms with E-state index in [4.69, 9.17) is 4.74 Å². The van der Waals surface area contributed by atoms with Crippen LogP contribution in [0.3, 0.4) is 0 Å². The summed E-state index contributed by atoms with van der Waals surface area (Å²) in [4.78, 5) is 28.9. The first-order valence-electron chi connectivity index (χ1n) is 13.3. The van der Waals surface area contributed by atoms with E-state index in [2.05, 4.69) is 22.3 Å². The predicted molar refractivity (Wildman–Crippen MR) is 138 cm³/mol. The van der Waals surface area contributed by atoms with Gasteiger partial charge >= 0.3 is 6.09 Å². The lowest BCUT2D eigenvalue weighted by molar-refractivity contribution is -0.117. The van der Waals surface area contributed by atoms with Crippen LogP contribution in [0.1, 0.15) is 56.1 Å². The van der Waals surface area contributed by atoms with Gasteiger partial charge in [0.1, 0.15) is 6.61 Å². The van der Waals surface area contributed by atoms with E-state index in [1.807, 2.05) is 36.4 Å². The van der Waals surface area contributed by atoms with Crippen molar-refractivity contribution < 1.29 is 19.4 Å². The van der Waals surface area contributed by atoms with Crippen LogP contribution in [-0.4, -0.2) is 53.8 Å². The number of carbonyl (C=O) groups is 2. The molecule has 6 rings (SSSR count). The van der Waals surface area contributed by atoms with Crippen molar-refractivity contribution in [1.82, 2.24) is 4.90 Å². The van der Waals surface area contributed by atoms with Crippen LogP contribution in [0.25, 0.3) is 0 Å². The summed E-state index contributed by atoms with van der Waals surface area (Å²) < 4.78 is 5.49. The summed E-state index contributed by atoms with van der Waals surface area (Å²) in [6.07, 6.45) is 5.72. The Kier molecular flexibility index (Phi) is 5.91. The van der Waals surface area contributed by atoms with Crippen LogP contribution in [-0.2, 0) is 21.6 Å². The molecule has 7 heteroatoms. The Morgan fingerprint density at radius 1 is 1.00 bits per heavy atom. The number of nitrogens with zero attached hydrogens (tertiary/aromatic N) is 2. The fourth-order valence-electron chi connectivity index (χ4n) is 6.27. The predicted octanol–water partition coefficient (Wildman–Crippen LogP) is 4.44. The van der Waals surface area contributed by atoms with E-state index in [0.29, 0.717) is 25.6 Å². The molecule has 0 unspecified atom stereocenters. The van der Waals surface area contributed by atoms with Crippen molar-refractivity contribution in [1.29, 1.82) is 0 Å². The first-order valence-corrected chi connectivity index (χ1v) is 13.3. The Hall–Kier alpha value is -3.06. The average molecular weight is 490 g/mol. The van der Waals surface area contributed by atoms with Crippen LogP contribution in [0.15, 0.2) is 48.5 Å². The lowest BCUT2D eigenvalue weighted by Crippen LogP contribution is -2.47. The van der Waals surface area contributed by atoms with Crippen LogP contribution >= 0.6 is 0 Å². The summed E-state index contributed by atoms with van der Waals surface area (Å²) in [5.74, 6) is 0.574. The van der Waals surface area contributed by atoms with Gasteiger partial charge in [0, 0.05) is 37.6 Å². The van der Waals surface area contributed by atoms with Crippen LogP contribution in [0.4, 0.5) is 16.2 Å². The Labute approximate surface area is 212 Å². The molecule has 2 saturated heterocycles. The molecule has 1 spiro atoms. The number of carbonyl (C=O) groups excluding carboxylic acids is 2. The minimum absolute atomic E-state index is 0.151. The molecule has 190 valence electrons. The number of rotatable bonds is 5. The van der Waals surface area contributed by atoms with Crippen LogP contribution in [0.5, 0.6) is 0 Å². The van der Waals surface area contributed by atoms with Gasteiger partial charge in [-0.2, -0.15) is 0 Å². The largest absolute Gasteiger partial charge is 0.445 e. The SMILES string of the molecule is O=C(OCc1ccccc1)N1CCC(CC2(O)CCN(c3ccc4c(c3)C3(CC3)C(=O)N4)CC2)CC1. The first-order chi connectivity index (χ1) is 17.4. The van der Waals surface area contributed by atoms with Gasteiger partial charge in [-0.15, -0.1) is 0 Å². The van der Waals surface area contributed by atoms with E-state index >= 15 is 0 Å². The van der Waals surface area contributed by atoms with Gasteiger partial charge in [-0.1, -0.05) is 30.3 Å². The third-order valence-electron chi connectivity index (χ3n) is 8.76. The highest BCUT2D eigenvalue weighted by Gasteiger charge is 2.56.